The molecule has 0 unspecified atom stereocenters. The predicted octanol–water partition coefficient (Wildman–Crippen LogP) is 3.34. The zero-order valence-electron chi connectivity index (χ0n) is 9.18. The number of methoxy groups -OCH3 is 1. The van der Waals surface area contributed by atoms with E-state index in [1.54, 1.807) is 7.11 Å². The van der Waals surface area contributed by atoms with Gasteiger partial charge in [-0.3, -0.25) is 0 Å². The van der Waals surface area contributed by atoms with Crippen LogP contribution in [0.4, 0.5) is 0 Å². The summed E-state index contributed by atoms with van der Waals surface area (Å²) in [6, 6.07) is 1.41. The maximum absolute atomic E-state index is 5.07. The van der Waals surface area contributed by atoms with Gasteiger partial charge in [-0.25, -0.2) is 0 Å². The second-order valence-corrected chi connectivity index (χ2v) is 7.94. The smallest absolute Gasteiger partial charge is 0.0535 e. The van der Waals surface area contributed by atoms with Gasteiger partial charge >= 0.3 is 0 Å². The van der Waals surface area contributed by atoms with Crippen LogP contribution in [0, 0.1) is 0 Å². The lowest BCUT2D eigenvalue weighted by atomic mass is 10.5. The van der Waals surface area contributed by atoms with Crippen molar-refractivity contribution < 1.29 is 4.74 Å². The molecule has 2 heteroatoms. The fraction of sp³-hybridized carbons (Fsp3) is 1.00. The van der Waals surface area contributed by atoms with E-state index in [1.165, 1.54) is 12.5 Å². The molecule has 0 saturated heterocycles. The monoisotopic (exact) mass is 187 g/mol. The van der Waals surface area contributed by atoms with Crippen LogP contribution in [0.1, 0.15) is 34.1 Å². The molecule has 0 atom stereocenters. The number of ether oxygens (including phenoxy) is 1. The average molecular weight is 187 g/mol. The third kappa shape index (κ3) is 4.94. The minimum atomic E-state index is -0.131. The van der Waals surface area contributed by atoms with Crippen molar-refractivity contribution in [1.29, 1.82) is 0 Å². The quantitative estimate of drug-likeness (QED) is 0.458. The summed E-state index contributed by atoms with van der Waals surface area (Å²) in [7, 11) is 1.66. The van der Waals surface area contributed by atoms with Gasteiger partial charge in [0.05, 0.1) is 8.80 Å². The Morgan fingerprint density at radius 1 is 1.08 bits per heavy atom. The summed E-state index contributed by atoms with van der Waals surface area (Å²) in [5, 5.41) is 0. The van der Waals surface area contributed by atoms with Crippen molar-refractivity contribution in [1.82, 2.24) is 0 Å². The molecule has 0 saturated carbocycles. The van der Waals surface area contributed by atoms with E-state index in [9.17, 15) is 0 Å². The van der Waals surface area contributed by atoms with Gasteiger partial charge in [0.25, 0.3) is 0 Å². The SMILES string of the molecule is COCCC[Si](C(C)C)C(C)C. The Balaban J connectivity index is 3.64. The number of hydrogen-bond donors (Lipinski definition) is 0. The van der Waals surface area contributed by atoms with Gasteiger partial charge < -0.3 is 4.74 Å². The number of hydrogen-bond acceptors (Lipinski definition) is 1. The highest BCUT2D eigenvalue weighted by atomic mass is 28.3. The Kier molecular flexibility index (Phi) is 6.77. The van der Waals surface area contributed by atoms with E-state index in [0.717, 1.165) is 17.7 Å². The lowest BCUT2D eigenvalue weighted by Crippen LogP contribution is -2.21. The first-order valence-corrected chi connectivity index (χ1v) is 6.80. The van der Waals surface area contributed by atoms with Crippen LogP contribution in [0.2, 0.25) is 17.1 Å². The molecule has 0 aliphatic carbocycles. The minimum Gasteiger partial charge on any atom is -0.385 e. The van der Waals surface area contributed by atoms with Gasteiger partial charge in [-0.05, 0) is 6.42 Å². The van der Waals surface area contributed by atoms with Crippen molar-refractivity contribution in [3.8, 4) is 0 Å². The third-order valence-corrected chi connectivity index (χ3v) is 6.19. The molecule has 1 nitrogen and oxygen atoms in total. The second-order valence-electron chi connectivity index (χ2n) is 3.98. The molecule has 0 rings (SSSR count). The Morgan fingerprint density at radius 2 is 1.58 bits per heavy atom. The maximum atomic E-state index is 5.07. The first kappa shape index (κ1) is 12.2. The molecule has 0 amide bonds. The van der Waals surface area contributed by atoms with Crippen LogP contribution >= 0.6 is 0 Å². The van der Waals surface area contributed by atoms with Crippen molar-refractivity contribution in [3.63, 3.8) is 0 Å². The summed E-state index contributed by atoms with van der Waals surface area (Å²) < 4.78 is 5.07. The minimum absolute atomic E-state index is 0.131. The molecule has 0 aliphatic heterocycles. The van der Waals surface area contributed by atoms with E-state index >= 15 is 0 Å². The van der Waals surface area contributed by atoms with Gasteiger partial charge in [-0.15, -0.1) is 0 Å². The Hall–Kier alpha value is 0.177. The van der Waals surface area contributed by atoms with Gasteiger partial charge in [-0.1, -0.05) is 44.8 Å². The molecule has 0 fully saturated rings. The predicted molar refractivity (Wildman–Crippen MR) is 57.3 cm³/mol. The highest BCUT2D eigenvalue weighted by molar-refractivity contribution is 6.61. The van der Waals surface area contributed by atoms with E-state index in [1.807, 2.05) is 0 Å². The van der Waals surface area contributed by atoms with Gasteiger partial charge in [0.2, 0.25) is 0 Å². The fourth-order valence-electron chi connectivity index (χ4n) is 1.66. The van der Waals surface area contributed by atoms with E-state index in [4.69, 9.17) is 4.74 Å². The number of rotatable bonds is 6. The van der Waals surface area contributed by atoms with Gasteiger partial charge in [-0.2, -0.15) is 0 Å². The zero-order chi connectivity index (χ0) is 9.56. The Morgan fingerprint density at radius 3 is 1.92 bits per heavy atom. The van der Waals surface area contributed by atoms with Gasteiger partial charge in [0, 0.05) is 13.7 Å². The van der Waals surface area contributed by atoms with Crippen LogP contribution < -0.4 is 0 Å². The van der Waals surface area contributed by atoms with E-state index in [-0.39, 0.29) is 8.80 Å². The summed E-state index contributed by atoms with van der Waals surface area (Å²) in [5.41, 5.74) is 1.82. The highest BCUT2D eigenvalue weighted by Crippen LogP contribution is 2.24. The van der Waals surface area contributed by atoms with Gasteiger partial charge in [0.1, 0.15) is 0 Å². The average Bonchev–Trinajstić information content (AvgIpc) is 1.96. The molecule has 73 valence electrons. The summed E-state index contributed by atoms with van der Waals surface area (Å²) in [5.74, 6) is 0. The first-order chi connectivity index (χ1) is 5.59. The summed E-state index contributed by atoms with van der Waals surface area (Å²) >= 11 is 0. The first-order valence-electron chi connectivity index (χ1n) is 4.94. The van der Waals surface area contributed by atoms with Gasteiger partial charge in [0.15, 0.2) is 0 Å². The normalized spacial score (nSPS) is 12.0. The molecule has 12 heavy (non-hydrogen) atoms. The Labute approximate surface area is 79.1 Å². The molecule has 0 N–H and O–H groups in total. The zero-order valence-corrected chi connectivity index (χ0v) is 10.2. The van der Waals surface area contributed by atoms with Crippen molar-refractivity contribution in [2.45, 2.75) is 51.2 Å². The molecule has 0 heterocycles. The van der Waals surface area contributed by atoms with Crippen molar-refractivity contribution in [3.05, 3.63) is 0 Å². The van der Waals surface area contributed by atoms with Crippen LogP contribution in [-0.2, 0) is 4.74 Å². The van der Waals surface area contributed by atoms with Crippen LogP contribution in [0.15, 0.2) is 0 Å². The molecule has 0 aromatic heterocycles. The van der Waals surface area contributed by atoms with E-state index in [2.05, 4.69) is 27.7 Å². The molecule has 0 aliphatic rings. The van der Waals surface area contributed by atoms with Crippen LogP contribution in [0.3, 0.4) is 0 Å². The fourth-order valence-corrected chi connectivity index (χ4v) is 4.71. The maximum Gasteiger partial charge on any atom is 0.0535 e. The Bertz CT molecular complexity index is 94.0. The standard InChI is InChI=1S/C10H23OSi/c1-9(2)12(10(3)4)8-6-7-11-5/h9-10H,6-8H2,1-5H3. The molecule has 0 bridgehead atoms. The summed E-state index contributed by atoms with van der Waals surface area (Å²) in [4.78, 5) is 0. The molecular formula is C10H23OSi. The van der Waals surface area contributed by atoms with E-state index < -0.39 is 0 Å². The van der Waals surface area contributed by atoms with Crippen molar-refractivity contribution >= 4 is 8.80 Å². The largest absolute Gasteiger partial charge is 0.385 e. The molecule has 0 aromatic carbocycles. The second kappa shape index (κ2) is 6.67. The topological polar surface area (TPSA) is 9.23 Å². The van der Waals surface area contributed by atoms with Crippen LogP contribution in [0.25, 0.3) is 0 Å². The van der Waals surface area contributed by atoms with Crippen molar-refractivity contribution in [2.75, 3.05) is 13.7 Å². The lowest BCUT2D eigenvalue weighted by Gasteiger charge is -2.22. The summed E-state index contributed by atoms with van der Waals surface area (Å²) in [6.07, 6.45) is 1.25. The van der Waals surface area contributed by atoms with E-state index in [0.29, 0.717) is 0 Å². The molecule has 0 aromatic rings. The highest BCUT2D eigenvalue weighted by Gasteiger charge is 2.18. The van der Waals surface area contributed by atoms with Crippen LogP contribution in [0.5, 0.6) is 0 Å². The summed E-state index contributed by atoms with van der Waals surface area (Å²) in [6.45, 7) is 10.4. The third-order valence-electron chi connectivity index (χ3n) is 2.30. The molecule has 0 spiro atoms. The van der Waals surface area contributed by atoms with Crippen LogP contribution in [-0.4, -0.2) is 22.5 Å². The van der Waals surface area contributed by atoms with Crippen molar-refractivity contribution in [2.24, 2.45) is 0 Å². The molecular weight excluding hydrogens is 164 g/mol. The lowest BCUT2D eigenvalue weighted by molar-refractivity contribution is 0.199. The molecule has 1 radical (unpaired) electrons.